The molecule has 2 fully saturated rings. The topological polar surface area (TPSA) is 83.0 Å². The second kappa shape index (κ2) is 9.83. The third-order valence-corrected chi connectivity index (χ3v) is 8.87. The second-order valence-corrected chi connectivity index (χ2v) is 11.0. The molecule has 8 nitrogen and oxygen atoms in total. The summed E-state index contributed by atoms with van der Waals surface area (Å²) in [4.78, 5) is 22.0. The van der Waals surface area contributed by atoms with Crippen molar-refractivity contribution in [3.63, 3.8) is 0 Å². The molecule has 1 amide bonds. The van der Waals surface area contributed by atoms with Gasteiger partial charge in [0, 0.05) is 56.5 Å². The van der Waals surface area contributed by atoms with Gasteiger partial charge in [-0.2, -0.15) is 4.31 Å². The number of fused-ring (bicyclic) bond motifs is 1. The van der Waals surface area contributed by atoms with Gasteiger partial charge in [0.1, 0.15) is 10.6 Å². The molecule has 0 radical (unpaired) electrons. The molecule has 0 bridgehead atoms. The molecule has 1 aromatic heterocycles. The Morgan fingerprint density at radius 2 is 1.71 bits per heavy atom. The number of carbonyl (C=O) groups excluding carboxylic acids is 1. The second-order valence-electron chi connectivity index (χ2n) is 9.04. The molecule has 3 heterocycles. The van der Waals surface area contributed by atoms with E-state index in [4.69, 9.17) is 4.74 Å². The van der Waals surface area contributed by atoms with Crippen LogP contribution in [0.15, 0.2) is 65.7 Å². The molecule has 0 aliphatic carbocycles. The number of para-hydroxylation sites is 1. The largest absolute Gasteiger partial charge is 0.497 e. The summed E-state index contributed by atoms with van der Waals surface area (Å²) in [5.74, 6) is 0.544. The summed E-state index contributed by atoms with van der Waals surface area (Å²) in [6.07, 6.45) is 2.98. The van der Waals surface area contributed by atoms with Gasteiger partial charge in [0.05, 0.1) is 18.5 Å². The van der Waals surface area contributed by atoms with Gasteiger partial charge in [0.2, 0.25) is 15.9 Å². The van der Waals surface area contributed by atoms with Crippen molar-refractivity contribution in [2.75, 3.05) is 51.3 Å². The fourth-order valence-electron chi connectivity index (χ4n) is 5.02. The van der Waals surface area contributed by atoms with E-state index in [0.717, 1.165) is 29.9 Å². The van der Waals surface area contributed by atoms with Gasteiger partial charge in [-0.15, -0.1) is 0 Å². The lowest BCUT2D eigenvalue weighted by molar-refractivity contribution is -0.137. The lowest BCUT2D eigenvalue weighted by atomic mass is 9.97. The number of piperazine rings is 1. The highest BCUT2D eigenvalue weighted by atomic mass is 32.2. The van der Waals surface area contributed by atoms with Crippen LogP contribution in [0.2, 0.25) is 0 Å². The summed E-state index contributed by atoms with van der Waals surface area (Å²) < 4.78 is 33.8. The van der Waals surface area contributed by atoms with Crippen LogP contribution in [0.3, 0.4) is 0 Å². The summed E-state index contributed by atoms with van der Waals surface area (Å²) >= 11 is 0. The molecule has 0 saturated carbocycles. The summed E-state index contributed by atoms with van der Waals surface area (Å²) in [7, 11) is -2.11. The van der Waals surface area contributed by atoms with E-state index >= 15 is 0 Å². The number of methoxy groups -OCH3 is 1. The van der Waals surface area contributed by atoms with Gasteiger partial charge in [0.25, 0.3) is 0 Å². The van der Waals surface area contributed by atoms with Crippen LogP contribution < -0.4 is 9.64 Å². The lowest BCUT2D eigenvalue weighted by Crippen LogP contribution is -2.53. The number of anilines is 1. The van der Waals surface area contributed by atoms with Crippen LogP contribution in [0.1, 0.15) is 12.8 Å². The smallest absolute Gasteiger partial charge is 0.245 e. The Morgan fingerprint density at radius 3 is 2.46 bits per heavy atom. The van der Waals surface area contributed by atoms with Gasteiger partial charge in [-0.05, 0) is 49.2 Å². The van der Waals surface area contributed by atoms with Gasteiger partial charge < -0.3 is 14.5 Å². The number of rotatable bonds is 5. The highest BCUT2D eigenvalue weighted by molar-refractivity contribution is 7.89. The molecule has 184 valence electrons. The lowest BCUT2D eigenvalue weighted by Gasteiger charge is -2.39. The zero-order valence-corrected chi connectivity index (χ0v) is 20.7. The fourth-order valence-corrected chi connectivity index (χ4v) is 6.71. The van der Waals surface area contributed by atoms with Gasteiger partial charge in [0.15, 0.2) is 0 Å². The van der Waals surface area contributed by atoms with E-state index in [0.29, 0.717) is 38.0 Å². The number of nitrogens with zero attached hydrogens (tertiary/aromatic N) is 4. The summed E-state index contributed by atoms with van der Waals surface area (Å²) in [6.45, 7) is 3.37. The number of sulfonamides is 1. The molecule has 2 aliphatic rings. The molecule has 0 N–H and O–H groups in total. The van der Waals surface area contributed by atoms with Gasteiger partial charge >= 0.3 is 0 Å². The van der Waals surface area contributed by atoms with Crippen LogP contribution in [0.4, 0.5) is 5.69 Å². The van der Waals surface area contributed by atoms with Crippen molar-refractivity contribution in [2.45, 2.75) is 17.7 Å². The van der Waals surface area contributed by atoms with Crippen molar-refractivity contribution >= 4 is 32.5 Å². The van der Waals surface area contributed by atoms with Crippen LogP contribution in [0, 0.1) is 5.92 Å². The van der Waals surface area contributed by atoms with Crippen molar-refractivity contribution < 1.29 is 17.9 Å². The minimum absolute atomic E-state index is 0.0512. The van der Waals surface area contributed by atoms with Crippen LogP contribution in [-0.2, 0) is 14.8 Å². The van der Waals surface area contributed by atoms with Crippen molar-refractivity contribution in [1.82, 2.24) is 14.2 Å². The minimum Gasteiger partial charge on any atom is -0.497 e. The number of amides is 1. The molecule has 3 aromatic rings. The molecule has 5 rings (SSSR count). The van der Waals surface area contributed by atoms with Gasteiger partial charge in [-0.1, -0.05) is 18.2 Å². The number of aromatic nitrogens is 1. The number of hydrogen-bond acceptors (Lipinski definition) is 6. The van der Waals surface area contributed by atoms with E-state index in [9.17, 15) is 13.2 Å². The maximum absolute atomic E-state index is 13.5. The molecule has 2 saturated heterocycles. The minimum atomic E-state index is -3.75. The van der Waals surface area contributed by atoms with Crippen molar-refractivity contribution in [3.05, 3.63) is 60.8 Å². The van der Waals surface area contributed by atoms with E-state index < -0.39 is 10.0 Å². The van der Waals surface area contributed by atoms with E-state index in [1.165, 1.54) is 4.31 Å². The first-order valence-corrected chi connectivity index (χ1v) is 13.4. The summed E-state index contributed by atoms with van der Waals surface area (Å²) in [5.41, 5.74) is 1.58. The average molecular weight is 495 g/mol. The summed E-state index contributed by atoms with van der Waals surface area (Å²) in [6, 6.07) is 16.8. The Balaban J connectivity index is 1.25. The van der Waals surface area contributed by atoms with Crippen LogP contribution in [0.5, 0.6) is 5.75 Å². The number of ether oxygens (including phenoxy) is 1. The molecule has 2 aliphatic heterocycles. The predicted molar refractivity (Wildman–Crippen MR) is 135 cm³/mol. The highest BCUT2D eigenvalue weighted by Crippen LogP contribution is 2.29. The Labute approximate surface area is 206 Å². The molecule has 1 atom stereocenters. The quantitative estimate of drug-likeness (QED) is 0.542. The average Bonchev–Trinajstić information content (AvgIpc) is 2.92. The van der Waals surface area contributed by atoms with Gasteiger partial charge in [-0.25, -0.2) is 8.42 Å². The Bertz CT molecular complexity index is 1300. The predicted octanol–water partition coefficient (Wildman–Crippen LogP) is 2.99. The molecule has 0 unspecified atom stereocenters. The fraction of sp³-hybridized carbons (Fsp3) is 0.385. The molecule has 0 spiro atoms. The van der Waals surface area contributed by atoms with E-state index in [1.807, 2.05) is 41.3 Å². The molecular weight excluding hydrogens is 464 g/mol. The maximum atomic E-state index is 13.5. The standard InChI is InChI=1S/C26H30N4O4S/c1-34-23-11-9-22(10-12-23)28-15-17-29(18-16-28)26(31)21-7-4-14-30(19-21)35(32,33)24-8-2-5-20-6-3-13-27-25(20)24/h2-3,5-6,8-13,21H,4,7,14-19H2,1H3/t21-/m1/s1. The Kier molecular flexibility index (Phi) is 6.62. The maximum Gasteiger partial charge on any atom is 0.245 e. The number of hydrogen-bond donors (Lipinski definition) is 0. The summed E-state index contributed by atoms with van der Waals surface area (Å²) in [5, 5.41) is 0.785. The van der Waals surface area contributed by atoms with Crippen LogP contribution in [-0.4, -0.2) is 74.9 Å². The normalized spacial score (nSPS) is 19.6. The molecular formula is C26H30N4O4S. The van der Waals surface area contributed by atoms with Gasteiger partial charge in [-0.3, -0.25) is 9.78 Å². The number of carbonyl (C=O) groups is 1. The van der Waals surface area contributed by atoms with Crippen LogP contribution >= 0.6 is 0 Å². The zero-order valence-electron chi connectivity index (χ0n) is 19.8. The molecule has 2 aromatic carbocycles. The monoisotopic (exact) mass is 494 g/mol. The van der Waals surface area contributed by atoms with Crippen molar-refractivity contribution in [3.8, 4) is 5.75 Å². The first-order valence-electron chi connectivity index (χ1n) is 12.0. The SMILES string of the molecule is COc1ccc(N2CCN(C(=O)[C@@H]3CCCN(S(=O)(=O)c4cccc5cccnc45)C3)CC2)cc1. The number of piperidine rings is 1. The number of benzene rings is 2. The van der Waals surface area contributed by atoms with Crippen molar-refractivity contribution in [1.29, 1.82) is 0 Å². The van der Waals surface area contributed by atoms with E-state index in [-0.39, 0.29) is 23.3 Å². The Morgan fingerprint density at radius 1 is 0.971 bits per heavy atom. The molecule has 35 heavy (non-hydrogen) atoms. The van der Waals surface area contributed by atoms with E-state index in [1.54, 1.807) is 31.5 Å². The van der Waals surface area contributed by atoms with E-state index in [2.05, 4.69) is 9.88 Å². The first-order chi connectivity index (χ1) is 17.0. The third kappa shape index (κ3) is 4.70. The zero-order chi connectivity index (χ0) is 24.4. The third-order valence-electron chi connectivity index (χ3n) is 6.98. The van der Waals surface area contributed by atoms with Crippen molar-refractivity contribution in [2.24, 2.45) is 5.92 Å². The van der Waals surface area contributed by atoms with Crippen LogP contribution in [0.25, 0.3) is 10.9 Å². The Hall–Kier alpha value is -3.17. The highest BCUT2D eigenvalue weighted by Gasteiger charge is 2.36. The molecule has 9 heteroatoms. The first kappa shape index (κ1) is 23.6. The number of pyridine rings is 1.